The second kappa shape index (κ2) is 9.14. The summed E-state index contributed by atoms with van der Waals surface area (Å²) < 4.78 is 47.0. The van der Waals surface area contributed by atoms with Crippen LogP contribution in [0.5, 0.6) is 5.75 Å². The van der Waals surface area contributed by atoms with Gasteiger partial charge in [-0.3, -0.25) is 4.79 Å². The first-order chi connectivity index (χ1) is 14.2. The molecule has 0 bridgehead atoms. The minimum absolute atomic E-state index is 0.0896. The maximum absolute atomic E-state index is 13.6. The molecule has 0 spiro atoms. The largest absolute Gasteiger partial charge is 0.489 e. The Hall–Kier alpha value is -2.45. The number of carbonyl (C=O) groups excluding carboxylic acids is 1. The number of nitrogens with one attached hydrogen (secondary N) is 1. The molecule has 162 valence electrons. The number of rotatable bonds is 6. The molecular formula is C22H27FN2O4S. The average Bonchev–Trinajstić information content (AvgIpc) is 2.71. The van der Waals surface area contributed by atoms with E-state index in [0.717, 1.165) is 25.3 Å². The predicted octanol–water partition coefficient (Wildman–Crippen LogP) is 4.35. The number of hydrogen-bond donors (Lipinski definition) is 1. The Kier molecular flexibility index (Phi) is 6.77. The normalized spacial score (nSPS) is 15.2. The summed E-state index contributed by atoms with van der Waals surface area (Å²) >= 11 is 0. The van der Waals surface area contributed by atoms with Crippen molar-refractivity contribution in [2.75, 3.05) is 18.4 Å². The molecule has 0 radical (unpaired) electrons. The highest BCUT2D eigenvalue weighted by molar-refractivity contribution is 7.89. The lowest BCUT2D eigenvalue weighted by atomic mass is 10.1. The second-order valence-corrected chi connectivity index (χ2v) is 9.64. The van der Waals surface area contributed by atoms with Gasteiger partial charge in [-0.25, -0.2) is 12.8 Å². The molecule has 0 atom stereocenters. The summed E-state index contributed by atoms with van der Waals surface area (Å²) in [5, 5.41) is 2.70. The lowest BCUT2D eigenvalue weighted by Gasteiger charge is -2.26. The Bertz CT molecular complexity index is 1030. The van der Waals surface area contributed by atoms with Crippen LogP contribution < -0.4 is 10.1 Å². The average molecular weight is 435 g/mol. The van der Waals surface area contributed by atoms with Crippen LogP contribution in [-0.4, -0.2) is 37.8 Å². The Morgan fingerprint density at radius 3 is 2.47 bits per heavy atom. The van der Waals surface area contributed by atoms with Crippen molar-refractivity contribution in [3.05, 3.63) is 53.3 Å². The Morgan fingerprint density at radius 2 is 1.80 bits per heavy atom. The van der Waals surface area contributed by atoms with Crippen LogP contribution in [0.2, 0.25) is 0 Å². The topological polar surface area (TPSA) is 75.7 Å². The van der Waals surface area contributed by atoms with E-state index >= 15 is 0 Å². The summed E-state index contributed by atoms with van der Waals surface area (Å²) in [6.07, 6.45) is 2.49. The highest BCUT2D eigenvalue weighted by Gasteiger charge is 2.27. The number of sulfonamides is 1. The fraction of sp³-hybridized carbons (Fsp3) is 0.409. The number of hydrogen-bond acceptors (Lipinski definition) is 4. The zero-order valence-electron chi connectivity index (χ0n) is 17.4. The minimum atomic E-state index is -3.68. The molecule has 1 amide bonds. The fourth-order valence-corrected chi connectivity index (χ4v) is 4.95. The third-order valence-electron chi connectivity index (χ3n) is 4.96. The van der Waals surface area contributed by atoms with E-state index in [1.54, 1.807) is 13.0 Å². The molecule has 8 heteroatoms. The summed E-state index contributed by atoms with van der Waals surface area (Å²) in [6, 6.07) is 8.41. The number of anilines is 1. The third-order valence-corrected chi connectivity index (χ3v) is 6.85. The summed E-state index contributed by atoms with van der Waals surface area (Å²) in [6.45, 7) is 6.34. The van der Waals surface area contributed by atoms with E-state index < -0.39 is 21.7 Å². The van der Waals surface area contributed by atoms with Gasteiger partial charge in [0.25, 0.3) is 5.91 Å². The van der Waals surface area contributed by atoms with E-state index in [-0.39, 0.29) is 22.3 Å². The van der Waals surface area contributed by atoms with E-state index in [9.17, 15) is 17.6 Å². The van der Waals surface area contributed by atoms with Gasteiger partial charge >= 0.3 is 0 Å². The number of nitrogens with zero attached hydrogens (tertiary/aromatic N) is 1. The molecule has 6 nitrogen and oxygen atoms in total. The van der Waals surface area contributed by atoms with E-state index in [0.29, 0.717) is 24.4 Å². The molecule has 1 aliphatic heterocycles. The molecule has 0 unspecified atom stereocenters. The van der Waals surface area contributed by atoms with Gasteiger partial charge in [0.2, 0.25) is 10.0 Å². The fourth-order valence-electron chi connectivity index (χ4n) is 3.41. The molecule has 1 fully saturated rings. The van der Waals surface area contributed by atoms with Crippen molar-refractivity contribution in [1.82, 2.24) is 4.31 Å². The van der Waals surface area contributed by atoms with E-state index in [4.69, 9.17) is 4.74 Å². The van der Waals surface area contributed by atoms with Crippen LogP contribution in [0.3, 0.4) is 0 Å². The van der Waals surface area contributed by atoms with Crippen molar-refractivity contribution in [2.45, 2.75) is 51.0 Å². The Morgan fingerprint density at radius 1 is 1.10 bits per heavy atom. The monoisotopic (exact) mass is 434 g/mol. The highest BCUT2D eigenvalue weighted by Crippen LogP contribution is 2.31. The van der Waals surface area contributed by atoms with E-state index in [1.807, 2.05) is 13.8 Å². The summed E-state index contributed by atoms with van der Waals surface area (Å²) in [7, 11) is -3.68. The molecule has 1 heterocycles. The number of amides is 1. The van der Waals surface area contributed by atoms with Gasteiger partial charge in [0.05, 0.1) is 16.7 Å². The summed E-state index contributed by atoms with van der Waals surface area (Å²) in [5.74, 6) is -0.705. The quantitative estimate of drug-likeness (QED) is 0.734. The lowest BCUT2D eigenvalue weighted by Crippen LogP contribution is -2.35. The van der Waals surface area contributed by atoms with Crippen LogP contribution in [0.1, 0.15) is 49.0 Å². The highest BCUT2D eigenvalue weighted by atomic mass is 32.2. The number of benzene rings is 2. The van der Waals surface area contributed by atoms with Crippen LogP contribution in [0.4, 0.5) is 10.1 Å². The van der Waals surface area contributed by atoms with Crippen LogP contribution in [0.15, 0.2) is 41.3 Å². The molecular weight excluding hydrogens is 407 g/mol. The van der Waals surface area contributed by atoms with Crippen molar-refractivity contribution in [2.24, 2.45) is 0 Å². The number of halogens is 1. The van der Waals surface area contributed by atoms with E-state index in [1.165, 1.54) is 28.6 Å². The van der Waals surface area contributed by atoms with Crippen LogP contribution in [0, 0.1) is 12.7 Å². The first-order valence-corrected chi connectivity index (χ1v) is 11.5. The van der Waals surface area contributed by atoms with Gasteiger partial charge in [0, 0.05) is 18.7 Å². The number of piperidine rings is 1. The molecule has 0 saturated carbocycles. The van der Waals surface area contributed by atoms with Crippen molar-refractivity contribution < 1.29 is 22.3 Å². The van der Waals surface area contributed by atoms with Crippen molar-refractivity contribution >= 4 is 21.6 Å². The molecule has 1 aliphatic rings. The van der Waals surface area contributed by atoms with Gasteiger partial charge in [-0.05, 0) is 69.5 Å². The SMILES string of the molecule is Cc1ccc(F)cc1C(=O)Nc1cc(S(=O)(=O)N2CCCCC2)ccc1OC(C)C. The van der Waals surface area contributed by atoms with Crippen LogP contribution in [-0.2, 0) is 10.0 Å². The summed E-state index contributed by atoms with van der Waals surface area (Å²) in [5.41, 5.74) is 1.02. The maximum atomic E-state index is 13.6. The zero-order valence-corrected chi connectivity index (χ0v) is 18.3. The number of aryl methyl sites for hydroxylation is 1. The first-order valence-electron chi connectivity index (χ1n) is 10.1. The Labute approximate surface area is 177 Å². The molecule has 0 aliphatic carbocycles. The van der Waals surface area contributed by atoms with Crippen molar-refractivity contribution in [3.8, 4) is 5.75 Å². The van der Waals surface area contributed by atoms with Crippen molar-refractivity contribution in [3.63, 3.8) is 0 Å². The molecule has 1 saturated heterocycles. The summed E-state index contributed by atoms with van der Waals surface area (Å²) in [4.78, 5) is 12.9. The van der Waals surface area contributed by atoms with Gasteiger partial charge in [-0.15, -0.1) is 0 Å². The maximum Gasteiger partial charge on any atom is 0.256 e. The van der Waals surface area contributed by atoms with Gasteiger partial charge in [-0.2, -0.15) is 4.31 Å². The van der Waals surface area contributed by atoms with Crippen LogP contribution >= 0.6 is 0 Å². The van der Waals surface area contributed by atoms with E-state index in [2.05, 4.69) is 5.32 Å². The van der Waals surface area contributed by atoms with Gasteiger partial charge in [-0.1, -0.05) is 12.5 Å². The minimum Gasteiger partial charge on any atom is -0.489 e. The smallest absolute Gasteiger partial charge is 0.256 e. The molecule has 2 aromatic rings. The number of ether oxygens (including phenoxy) is 1. The number of carbonyl (C=O) groups is 1. The second-order valence-electron chi connectivity index (χ2n) is 7.70. The molecule has 30 heavy (non-hydrogen) atoms. The van der Waals surface area contributed by atoms with Gasteiger partial charge in [0.15, 0.2) is 0 Å². The van der Waals surface area contributed by atoms with Gasteiger partial charge < -0.3 is 10.1 Å². The van der Waals surface area contributed by atoms with Crippen LogP contribution in [0.25, 0.3) is 0 Å². The first kappa shape index (κ1) is 22.2. The Balaban J connectivity index is 1.97. The molecule has 1 N–H and O–H groups in total. The molecule has 2 aromatic carbocycles. The molecule has 0 aromatic heterocycles. The standard InChI is InChI=1S/C22H27FN2O4S/c1-15(2)29-21-10-9-18(30(27,28)25-11-5-4-6-12-25)14-20(21)24-22(26)19-13-17(23)8-7-16(19)3/h7-10,13-15H,4-6,11-12H2,1-3H3,(H,24,26). The van der Waals surface area contributed by atoms with Gasteiger partial charge in [0.1, 0.15) is 11.6 Å². The lowest BCUT2D eigenvalue weighted by molar-refractivity contribution is 0.102. The third kappa shape index (κ3) is 4.99. The molecule has 3 rings (SSSR count). The zero-order chi connectivity index (χ0) is 21.9. The van der Waals surface area contributed by atoms with Crippen molar-refractivity contribution in [1.29, 1.82) is 0 Å². The predicted molar refractivity (Wildman–Crippen MR) is 114 cm³/mol.